The summed E-state index contributed by atoms with van der Waals surface area (Å²) in [5, 5.41) is 8.76. The number of nitrogens with zero attached hydrogens (tertiary/aromatic N) is 1. The van der Waals surface area contributed by atoms with E-state index in [1.54, 1.807) is 5.43 Å². The number of alkyl halides is 6. The molecule has 136 valence electrons. The normalized spacial score (nSPS) is 14.9. The van der Waals surface area contributed by atoms with Crippen LogP contribution in [0, 0.1) is 0 Å². The standard InChI is InChI=1S/C11H10ClF6N3O3/c1-2-24-8(22)9(23,11(16,17)18)21-20-7-6(12)3-5(4-19-7)10(13,14)15/h3-4,21,23H,2H2,1H3,(H,19,20)/t9-/m0/s1. The van der Waals surface area contributed by atoms with Crippen LogP contribution in [0.15, 0.2) is 12.3 Å². The van der Waals surface area contributed by atoms with Crippen molar-refractivity contribution in [3.8, 4) is 0 Å². The number of nitrogens with one attached hydrogen (secondary N) is 2. The third-order valence-electron chi connectivity index (χ3n) is 2.51. The lowest BCUT2D eigenvalue weighted by Gasteiger charge is -2.29. The van der Waals surface area contributed by atoms with Gasteiger partial charge < -0.3 is 15.3 Å². The molecule has 1 rings (SSSR count). The van der Waals surface area contributed by atoms with Crippen LogP contribution in [0.25, 0.3) is 0 Å². The number of anilines is 1. The van der Waals surface area contributed by atoms with E-state index in [-0.39, 0.29) is 0 Å². The van der Waals surface area contributed by atoms with Gasteiger partial charge in [0, 0.05) is 6.20 Å². The molecule has 0 fully saturated rings. The number of aliphatic hydroxyl groups is 1. The number of hydrazine groups is 1. The smallest absolute Gasteiger partial charge is 0.444 e. The van der Waals surface area contributed by atoms with Gasteiger partial charge in [-0.25, -0.2) is 9.78 Å². The van der Waals surface area contributed by atoms with Gasteiger partial charge in [-0.3, -0.25) is 0 Å². The molecule has 3 N–H and O–H groups in total. The van der Waals surface area contributed by atoms with Crippen LogP contribution < -0.4 is 10.9 Å². The second kappa shape index (κ2) is 6.99. The Balaban J connectivity index is 3.02. The van der Waals surface area contributed by atoms with E-state index in [1.807, 2.05) is 0 Å². The summed E-state index contributed by atoms with van der Waals surface area (Å²) in [5.41, 5.74) is -2.55. The first kappa shape index (κ1) is 20.3. The van der Waals surface area contributed by atoms with Gasteiger partial charge in [-0.05, 0) is 13.0 Å². The molecule has 0 aliphatic heterocycles. The van der Waals surface area contributed by atoms with Crippen LogP contribution in [0.5, 0.6) is 0 Å². The predicted octanol–water partition coefficient (Wildman–Crippen LogP) is 2.48. The fraction of sp³-hybridized carbons (Fsp3) is 0.455. The van der Waals surface area contributed by atoms with Gasteiger partial charge in [-0.1, -0.05) is 11.6 Å². The molecule has 0 radical (unpaired) electrons. The van der Waals surface area contributed by atoms with E-state index < -0.39 is 47.1 Å². The van der Waals surface area contributed by atoms with Crippen molar-refractivity contribution in [3.63, 3.8) is 0 Å². The lowest BCUT2D eigenvalue weighted by atomic mass is 10.2. The molecule has 1 aromatic rings. The summed E-state index contributed by atoms with van der Waals surface area (Å²) in [4.78, 5) is 14.5. The van der Waals surface area contributed by atoms with E-state index in [2.05, 4.69) is 9.72 Å². The average molecular weight is 382 g/mol. The number of halogens is 7. The maximum absolute atomic E-state index is 12.8. The van der Waals surface area contributed by atoms with Gasteiger partial charge in [-0.15, -0.1) is 0 Å². The highest BCUT2D eigenvalue weighted by Gasteiger charge is 2.61. The minimum absolute atomic E-state index is 0.299. The van der Waals surface area contributed by atoms with Gasteiger partial charge >= 0.3 is 24.0 Å². The molecule has 0 aliphatic carbocycles. The molecule has 0 amide bonds. The molecular formula is C11H10ClF6N3O3. The molecule has 6 nitrogen and oxygen atoms in total. The lowest BCUT2D eigenvalue weighted by Crippen LogP contribution is -2.64. The van der Waals surface area contributed by atoms with E-state index in [9.17, 15) is 36.2 Å². The van der Waals surface area contributed by atoms with E-state index in [4.69, 9.17) is 11.6 Å². The Morgan fingerprint density at radius 1 is 1.33 bits per heavy atom. The number of ether oxygens (including phenoxy) is 1. The number of esters is 1. The number of hydrogen-bond acceptors (Lipinski definition) is 6. The Hall–Kier alpha value is -1.79. The highest BCUT2D eigenvalue weighted by molar-refractivity contribution is 6.32. The minimum atomic E-state index is -5.51. The van der Waals surface area contributed by atoms with Crippen molar-refractivity contribution < 1.29 is 41.0 Å². The number of carbonyl (C=O) groups excluding carboxylic acids is 1. The Kier molecular flexibility index (Phi) is 5.90. The zero-order valence-corrected chi connectivity index (χ0v) is 12.5. The minimum Gasteiger partial charge on any atom is -0.463 e. The molecule has 0 saturated heterocycles. The third kappa shape index (κ3) is 4.39. The lowest BCUT2D eigenvalue weighted by molar-refractivity contribution is -0.271. The largest absolute Gasteiger partial charge is 0.463 e. The Morgan fingerprint density at radius 2 is 1.92 bits per heavy atom. The number of aromatic nitrogens is 1. The first-order valence-electron chi connectivity index (χ1n) is 6.05. The maximum Gasteiger partial charge on any atom is 0.444 e. The van der Waals surface area contributed by atoms with Gasteiger partial charge in [0.25, 0.3) is 0 Å². The van der Waals surface area contributed by atoms with E-state index in [0.29, 0.717) is 12.3 Å². The summed E-state index contributed by atoms with van der Waals surface area (Å²) in [6, 6.07) is 0.398. The van der Waals surface area contributed by atoms with Crippen LogP contribution in [0.3, 0.4) is 0 Å². The molecule has 0 saturated carbocycles. The molecule has 0 aliphatic rings. The monoisotopic (exact) mass is 381 g/mol. The first-order valence-corrected chi connectivity index (χ1v) is 6.43. The first-order chi connectivity index (χ1) is 10.8. The highest BCUT2D eigenvalue weighted by Crippen LogP contribution is 2.33. The zero-order valence-electron chi connectivity index (χ0n) is 11.7. The van der Waals surface area contributed by atoms with Crippen molar-refractivity contribution in [1.82, 2.24) is 10.4 Å². The fourth-order valence-electron chi connectivity index (χ4n) is 1.31. The van der Waals surface area contributed by atoms with Gasteiger partial charge in [0.05, 0.1) is 17.2 Å². The van der Waals surface area contributed by atoms with Crippen LogP contribution in [-0.2, 0) is 15.7 Å². The number of rotatable bonds is 5. The van der Waals surface area contributed by atoms with E-state index in [0.717, 1.165) is 0 Å². The number of carbonyl (C=O) groups is 1. The second-order valence-corrected chi connectivity index (χ2v) is 4.64. The van der Waals surface area contributed by atoms with Crippen LogP contribution in [0.2, 0.25) is 5.02 Å². The van der Waals surface area contributed by atoms with Crippen LogP contribution >= 0.6 is 11.6 Å². The molecular weight excluding hydrogens is 372 g/mol. The molecule has 0 unspecified atom stereocenters. The molecule has 24 heavy (non-hydrogen) atoms. The zero-order chi connectivity index (χ0) is 18.8. The van der Waals surface area contributed by atoms with Gasteiger partial charge in [0.2, 0.25) is 0 Å². The predicted molar refractivity (Wildman–Crippen MR) is 68.6 cm³/mol. The van der Waals surface area contributed by atoms with Crippen molar-refractivity contribution in [2.45, 2.75) is 25.0 Å². The number of pyridine rings is 1. The fourth-order valence-corrected chi connectivity index (χ4v) is 1.52. The van der Waals surface area contributed by atoms with Crippen molar-refractivity contribution in [2.24, 2.45) is 0 Å². The summed E-state index contributed by atoms with van der Waals surface area (Å²) >= 11 is 5.48. The summed E-state index contributed by atoms with van der Waals surface area (Å²) in [5.74, 6) is -2.76. The number of hydrogen-bond donors (Lipinski definition) is 3. The van der Waals surface area contributed by atoms with Crippen LogP contribution in [-0.4, -0.2) is 34.6 Å². The Morgan fingerprint density at radius 3 is 2.33 bits per heavy atom. The van der Waals surface area contributed by atoms with Crippen molar-refractivity contribution in [3.05, 3.63) is 22.8 Å². The van der Waals surface area contributed by atoms with Crippen LogP contribution in [0.4, 0.5) is 32.2 Å². The summed E-state index contributed by atoms with van der Waals surface area (Å²) in [7, 11) is 0. The maximum atomic E-state index is 12.8. The highest BCUT2D eigenvalue weighted by atomic mass is 35.5. The third-order valence-corrected chi connectivity index (χ3v) is 2.80. The SMILES string of the molecule is CCOC(=O)[C@@](O)(NNc1ncc(C(F)(F)F)cc1Cl)C(F)(F)F. The van der Waals surface area contributed by atoms with Gasteiger partial charge in [0.1, 0.15) is 0 Å². The van der Waals surface area contributed by atoms with Crippen molar-refractivity contribution in [1.29, 1.82) is 0 Å². The van der Waals surface area contributed by atoms with E-state index in [1.165, 1.54) is 12.3 Å². The molecule has 0 aromatic carbocycles. The molecule has 1 aromatic heterocycles. The Bertz CT molecular complexity index is 610. The topological polar surface area (TPSA) is 83.5 Å². The summed E-state index contributed by atoms with van der Waals surface area (Å²) < 4.78 is 80.0. The summed E-state index contributed by atoms with van der Waals surface area (Å²) in [6.45, 7) is 0.745. The average Bonchev–Trinajstić information content (AvgIpc) is 2.43. The Labute approximate surface area is 135 Å². The van der Waals surface area contributed by atoms with Crippen molar-refractivity contribution >= 4 is 23.4 Å². The van der Waals surface area contributed by atoms with Crippen molar-refractivity contribution in [2.75, 3.05) is 12.0 Å². The summed E-state index contributed by atoms with van der Waals surface area (Å²) in [6.07, 6.45) is -9.97. The molecule has 0 spiro atoms. The van der Waals surface area contributed by atoms with Gasteiger partial charge in [-0.2, -0.15) is 31.8 Å². The second-order valence-electron chi connectivity index (χ2n) is 4.23. The molecule has 1 atom stereocenters. The van der Waals surface area contributed by atoms with Crippen LogP contribution in [0.1, 0.15) is 12.5 Å². The van der Waals surface area contributed by atoms with Gasteiger partial charge in [0.15, 0.2) is 5.82 Å². The van der Waals surface area contributed by atoms with E-state index >= 15 is 0 Å². The molecule has 1 heterocycles. The molecule has 13 heteroatoms. The molecule has 0 bridgehead atoms. The quantitative estimate of drug-likeness (QED) is 0.314.